The van der Waals surface area contributed by atoms with Crippen LogP contribution < -0.4 is 4.74 Å². The number of carbonyl (C=O) groups is 1. The average molecular weight is 257 g/mol. The molecule has 0 fully saturated rings. The summed E-state index contributed by atoms with van der Waals surface area (Å²) in [5, 5.41) is 9.61. The first-order chi connectivity index (χ1) is 7.77. The Morgan fingerprint density at radius 1 is 1.47 bits per heavy atom. The number of aliphatic carboxylic acids is 1. The van der Waals surface area contributed by atoms with Crippen LogP contribution in [0.1, 0.15) is 25.0 Å². The summed E-state index contributed by atoms with van der Waals surface area (Å²) in [6.45, 7) is 5.29. The van der Waals surface area contributed by atoms with Gasteiger partial charge in [-0.15, -0.1) is 0 Å². The van der Waals surface area contributed by atoms with Crippen LogP contribution in [0.5, 0.6) is 5.75 Å². The van der Waals surface area contributed by atoms with Gasteiger partial charge in [0.25, 0.3) is 0 Å². The molecule has 1 aromatic carbocycles. The summed E-state index contributed by atoms with van der Waals surface area (Å²) in [6.07, 6.45) is 0.374. The zero-order chi connectivity index (χ0) is 13.2. The van der Waals surface area contributed by atoms with Crippen LogP contribution in [0, 0.1) is 12.3 Å². The van der Waals surface area contributed by atoms with Crippen LogP contribution >= 0.6 is 11.6 Å². The van der Waals surface area contributed by atoms with Gasteiger partial charge in [-0.1, -0.05) is 17.7 Å². The van der Waals surface area contributed by atoms with Crippen LogP contribution in [0.25, 0.3) is 0 Å². The minimum absolute atomic E-state index is 0.374. The predicted molar refractivity (Wildman–Crippen MR) is 67.9 cm³/mol. The lowest BCUT2D eigenvalue weighted by atomic mass is 9.85. The van der Waals surface area contributed by atoms with Gasteiger partial charge in [-0.25, -0.2) is 0 Å². The van der Waals surface area contributed by atoms with Crippen molar-refractivity contribution in [2.24, 2.45) is 5.41 Å². The minimum atomic E-state index is -0.845. The summed E-state index contributed by atoms with van der Waals surface area (Å²) < 4.78 is 5.16. The second-order valence-corrected chi connectivity index (χ2v) is 5.18. The molecule has 0 saturated carbocycles. The molecule has 0 saturated heterocycles. The van der Waals surface area contributed by atoms with Gasteiger partial charge < -0.3 is 9.84 Å². The molecule has 4 heteroatoms. The fourth-order valence-corrected chi connectivity index (χ4v) is 1.89. The summed E-state index contributed by atoms with van der Waals surface area (Å²) in [4.78, 5) is 11.1. The molecule has 94 valence electrons. The lowest BCUT2D eigenvalue weighted by molar-refractivity contribution is -0.146. The normalized spacial score (nSPS) is 11.4. The smallest absolute Gasteiger partial charge is 0.309 e. The molecule has 0 amide bonds. The van der Waals surface area contributed by atoms with Gasteiger partial charge in [-0.2, -0.15) is 0 Å². The number of rotatable bonds is 4. The van der Waals surface area contributed by atoms with Crippen molar-refractivity contribution >= 4 is 17.6 Å². The molecule has 0 aliphatic heterocycles. The third-order valence-corrected chi connectivity index (χ3v) is 3.12. The topological polar surface area (TPSA) is 46.5 Å². The number of hydrogen-bond donors (Lipinski definition) is 1. The Balaban J connectivity index is 3.15. The van der Waals surface area contributed by atoms with E-state index in [1.165, 1.54) is 0 Å². The van der Waals surface area contributed by atoms with Crippen LogP contribution in [0.4, 0.5) is 0 Å². The number of halogens is 1. The summed E-state index contributed by atoms with van der Waals surface area (Å²) >= 11 is 6.17. The first-order valence-electron chi connectivity index (χ1n) is 5.34. The Morgan fingerprint density at radius 2 is 2.06 bits per heavy atom. The molecule has 1 rings (SSSR count). The second-order valence-electron chi connectivity index (χ2n) is 4.81. The highest BCUT2D eigenvalue weighted by Crippen LogP contribution is 2.34. The van der Waals surface area contributed by atoms with Crippen LogP contribution in [-0.2, 0) is 11.2 Å². The number of hydrogen-bond acceptors (Lipinski definition) is 2. The molecule has 0 atom stereocenters. The molecule has 0 spiro atoms. The maximum Gasteiger partial charge on any atom is 0.309 e. The Kier molecular flexibility index (Phi) is 4.04. The van der Waals surface area contributed by atoms with Gasteiger partial charge in [-0.3, -0.25) is 4.79 Å². The first-order valence-corrected chi connectivity index (χ1v) is 5.72. The number of methoxy groups -OCH3 is 1. The SMILES string of the molecule is COc1cc(C)cc(CC(C)(C)C(=O)O)c1Cl. The van der Waals surface area contributed by atoms with Crippen molar-refractivity contribution in [3.05, 3.63) is 28.3 Å². The van der Waals surface area contributed by atoms with E-state index in [0.29, 0.717) is 17.2 Å². The lowest BCUT2D eigenvalue weighted by Crippen LogP contribution is -2.26. The fraction of sp³-hybridized carbons (Fsp3) is 0.462. The molecule has 1 aromatic rings. The van der Waals surface area contributed by atoms with Gasteiger partial charge in [0.2, 0.25) is 0 Å². The van der Waals surface area contributed by atoms with E-state index in [1.54, 1.807) is 21.0 Å². The molecule has 1 N–H and O–H groups in total. The molecule has 0 heterocycles. The average Bonchev–Trinajstić information content (AvgIpc) is 2.22. The zero-order valence-corrected chi connectivity index (χ0v) is 11.3. The predicted octanol–water partition coefficient (Wildman–Crippen LogP) is 3.31. The molecule has 0 bridgehead atoms. The Labute approximate surface area is 106 Å². The van der Waals surface area contributed by atoms with Crippen molar-refractivity contribution < 1.29 is 14.6 Å². The summed E-state index contributed by atoms with van der Waals surface area (Å²) in [7, 11) is 1.55. The highest BCUT2D eigenvalue weighted by atomic mass is 35.5. The molecule has 0 aromatic heterocycles. The van der Waals surface area contributed by atoms with Crippen LogP contribution in [0.15, 0.2) is 12.1 Å². The highest BCUT2D eigenvalue weighted by Gasteiger charge is 2.28. The second kappa shape index (κ2) is 4.96. The molecular weight excluding hydrogens is 240 g/mol. The minimum Gasteiger partial charge on any atom is -0.495 e. The van der Waals surface area contributed by atoms with Gasteiger partial charge in [0.05, 0.1) is 17.5 Å². The van der Waals surface area contributed by atoms with E-state index in [-0.39, 0.29) is 0 Å². The molecule has 3 nitrogen and oxygen atoms in total. The van der Waals surface area contributed by atoms with E-state index in [0.717, 1.165) is 11.1 Å². The lowest BCUT2D eigenvalue weighted by Gasteiger charge is -2.20. The van der Waals surface area contributed by atoms with Crippen molar-refractivity contribution in [2.45, 2.75) is 27.2 Å². The van der Waals surface area contributed by atoms with E-state index in [4.69, 9.17) is 21.4 Å². The number of ether oxygens (including phenoxy) is 1. The van der Waals surface area contributed by atoms with Gasteiger partial charge in [0.1, 0.15) is 5.75 Å². The van der Waals surface area contributed by atoms with Gasteiger partial charge in [-0.05, 0) is 44.4 Å². The maximum atomic E-state index is 11.1. The number of benzene rings is 1. The van der Waals surface area contributed by atoms with E-state index in [1.807, 2.05) is 19.1 Å². The van der Waals surface area contributed by atoms with E-state index in [2.05, 4.69) is 0 Å². The number of carboxylic acid groups (broad SMARTS) is 1. The summed E-state index contributed by atoms with van der Waals surface area (Å²) in [5.74, 6) is -0.253. The number of carboxylic acids is 1. The Bertz CT molecular complexity index is 439. The first kappa shape index (κ1) is 13.8. The van der Waals surface area contributed by atoms with Crippen LogP contribution in [0.3, 0.4) is 0 Å². The zero-order valence-electron chi connectivity index (χ0n) is 10.5. The van der Waals surface area contributed by atoms with Gasteiger partial charge in [0, 0.05) is 0 Å². The summed E-state index contributed by atoms with van der Waals surface area (Å²) in [6, 6.07) is 3.73. The molecule has 0 aliphatic carbocycles. The van der Waals surface area contributed by atoms with E-state index < -0.39 is 11.4 Å². The van der Waals surface area contributed by atoms with Crippen LogP contribution in [0.2, 0.25) is 5.02 Å². The van der Waals surface area contributed by atoms with Crippen molar-refractivity contribution in [2.75, 3.05) is 7.11 Å². The molecule has 0 radical (unpaired) electrons. The van der Waals surface area contributed by atoms with Gasteiger partial charge in [0.15, 0.2) is 0 Å². The number of aryl methyl sites for hydroxylation is 1. The monoisotopic (exact) mass is 256 g/mol. The standard InChI is InChI=1S/C13H17ClO3/c1-8-5-9(7-13(2,3)12(15)16)11(14)10(6-8)17-4/h5-6H,7H2,1-4H3,(H,15,16). The molecular formula is C13H17ClO3. The maximum absolute atomic E-state index is 11.1. The summed E-state index contributed by atoms with van der Waals surface area (Å²) in [5.41, 5.74) is 0.959. The molecule has 0 unspecified atom stereocenters. The van der Waals surface area contributed by atoms with E-state index >= 15 is 0 Å². The van der Waals surface area contributed by atoms with Crippen molar-refractivity contribution in [3.8, 4) is 5.75 Å². The molecule has 17 heavy (non-hydrogen) atoms. The fourth-order valence-electron chi connectivity index (χ4n) is 1.64. The van der Waals surface area contributed by atoms with Gasteiger partial charge >= 0.3 is 5.97 Å². The molecule has 0 aliphatic rings. The quantitative estimate of drug-likeness (QED) is 0.899. The third-order valence-electron chi connectivity index (χ3n) is 2.69. The van der Waals surface area contributed by atoms with Crippen molar-refractivity contribution in [3.63, 3.8) is 0 Å². The largest absolute Gasteiger partial charge is 0.495 e. The van der Waals surface area contributed by atoms with Crippen molar-refractivity contribution in [1.82, 2.24) is 0 Å². The highest BCUT2D eigenvalue weighted by molar-refractivity contribution is 6.32. The van der Waals surface area contributed by atoms with E-state index in [9.17, 15) is 4.79 Å². The van der Waals surface area contributed by atoms with Crippen LogP contribution in [-0.4, -0.2) is 18.2 Å². The third kappa shape index (κ3) is 3.13. The Morgan fingerprint density at radius 3 is 2.53 bits per heavy atom. The van der Waals surface area contributed by atoms with Crippen molar-refractivity contribution in [1.29, 1.82) is 0 Å². The Hall–Kier alpha value is -1.22.